The lowest BCUT2D eigenvalue weighted by molar-refractivity contribution is -0.286. The van der Waals surface area contributed by atoms with Crippen LogP contribution in [0.4, 0.5) is 14.5 Å². The molecule has 3 rings (SSSR count). The van der Waals surface area contributed by atoms with Crippen molar-refractivity contribution in [2.75, 3.05) is 5.32 Å². The van der Waals surface area contributed by atoms with Crippen LogP contribution in [0.25, 0.3) is 0 Å². The molecule has 2 atom stereocenters. The van der Waals surface area contributed by atoms with Crippen LogP contribution in [0, 0.1) is 11.3 Å². The molecule has 1 aliphatic heterocycles. The molecule has 1 aliphatic carbocycles. The summed E-state index contributed by atoms with van der Waals surface area (Å²) in [6, 6.07) is 5.23. The number of ether oxygens (including phenoxy) is 2. The van der Waals surface area contributed by atoms with E-state index in [1.54, 1.807) is 12.1 Å². The number of alkyl halides is 2. The Bertz CT molecular complexity index is 545. The van der Waals surface area contributed by atoms with Gasteiger partial charge < -0.3 is 14.8 Å². The Kier molecular flexibility index (Phi) is 3.26. The van der Waals surface area contributed by atoms with Gasteiger partial charge in [0.1, 0.15) is 0 Å². The van der Waals surface area contributed by atoms with E-state index in [1.165, 1.54) is 6.07 Å². The predicted octanol–water partition coefficient (Wildman–Crippen LogP) is 4.63. The van der Waals surface area contributed by atoms with Gasteiger partial charge in [0.25, 0.3) is 0 Å². The number of hydrogen-bond acceptors (Lipinski definition) is 3. The monoisotopic (exact) mass is 297 g/mol. The van der Waals surface area contributed by atoms with E-state index in [0.717, 1.165) is 24.9 Å². The van der Waals surface area contributed by atoms with Gasteiger partial charge in [0.2, 0.25) is 0 Å². The SMILES string of the molecule is CC1CC(C)(C)CCC1Nc1ccc2c(c1)OC(F)(F)O2. The molecule has 5 heteroatoms. The highest BCUT2D eigenvalue weighted by molar-refractivity contribution is 5.56. The zero-order chi connectivity index (χ0) is 15.3. The van der Waals surface area contributed by atoms with Crippen LogP contribution in [0.15, 0.2) is 18.2 Å². The summed E-state index contributed by atoms with van der Waals surface area (Å²) in [5.74, 6) is 0.720. The molecule has 0 aromatic heterocycles. The number of rotatable bonds is 2. The number of anilines is 1. The number of fused-ring (bicyclic) bond motifs is 1. The van der Waals surface area contributed by atoms with E-state index >= 15 is 0 Å². The Labute approximate surface area is 123 Å². The van der Waals surface area contributed by atoms with E-state index < -0.39 is 6.29 Å². The lowest BCUT2D eigenvalue weighted by Crippen LogP contribution is -2.36. The molecular formula is C16H21F2NO2. The van der Waals surface area contributed by atoms with Crippen molar-refractivity contribution in [3.63, 3.8) is 0 Å². The van der Waals surface area contributed by atoms with Gasteiger partial charge in [0.15, 0.2) is 11.5 Å². The highest BCUT2D eigenvalue weighted by atomic mass is 19.3. The van der Waals surface area contributed by atoms with Crippen LogP contribution >= 0.6 is 0 Å². The Balaban J connectivity index is 1.70. The smallest absolute Gasteiger partial charge is 0.395 e. The first-order chi connectivity index (χ1) is 9.74. The van der Waals surface area contributed by atoms with Crippen molar-refractivity contribution in [2.24, 2.45) is 11.3 Å². The first kappa shape index (κ1) is 14.4. The van der Waals surface area contributed by atoms with Crippen molar-refractivity contribution in [1.29, 1.82) is 0 Å². The minimum Gasteiger partial charge on any atom is -0.395 e. The summed E-state index contributed by atoms with van der Waals surface area (Å²) in [4.78, 5) is 0. The molecule has 1 aromatic rings. The van der Waals surface area contributed by atoms with Crippen molar-refractivity contribution in [3.8, 4) is 11.5 Å². The maximum Gasteiger partial charge on any atom is 0.586 e. The van der Waals surface area contributed by atoms with Gasteiger partial charge in [-0.1, -0.05) is 20.8 Å². The fraction of sp³-hybridized carbons (Fsp3) is 0.625. The lowest BCUT2D eigenvalue weighted by Gasteiger charge is -2.40. The highest BCUT2D eigenvalue weighted by Gasteiger charge is 2.43. The maximum atomic E-state index is 13.0. The van der Waals surface area contributed by atoms with Crippen LogP contribution < -0.4 is 14.8 Å². The number of benzene rings is 1. The van der Waals surface area contributed by atoms with Crippen molar-refractivity contribution in [3.05, 3.63) is 18.2 Å². The van der Waals surface area contributed by atoms with E-state index in [2.05, 4.69) is 35.6 Å². The van der Waals surface area contributed by atoms with Crippen LogP contribution in [0.2, 0.25) is 0 Å². The Morgan fingerprint density at radius 1 is 1.19 bits per heavy atom. The summed E-state index contributed by atoms with van der Waals surface area (Å²) in [6.45, 7) is 6.82. The molecule has 1 fully saturated rings. The normalized spacial score (nSPS) is 29.2. The molecule has 0 saturated heterocycles. The largest absolute Gasteiger partial charge is 0.586 e. The molecular weight excluding hydrogens is 276 g/mol. The average molecular weight is 297 g/mol. The number of halogens is 2. The molecule has 0 spiro atoms. The van der Waals surface area contributed by atoms with E-state index in [-0.39, 0.29) is 11.5 Å². The minimum atomic E-state index is -3.55. The fourth-order valence-corrected chi connectivity index (χ4v) is 3.41. The summed E-state index contributed by atoms with van der Waals surface area (Å²) < 4.78 is 34.9. The molecule has 1 saturated carbocycles. The van der Waals surface area contributed by atoms with Gasteiger partial charge in [0, 0.05) is 17.8 Å². The molecule has 21 heavy (non-hydrogen) atoms. The molecule has 0 amide bonds. The fourth-order valence-electron chi connectivity index (χ4n) is 3.41. The van der Waals surface area contributed by atoms with Crippen molar-refractivity contribution >= 4 is 5.69 Å². The Hall–Kier alpha value is -1.52. The topological polar surface area (TPSA) is 30.5 Å². The molecule has 2 unspecified atom stereocenters. The standard InChI is InChI=1S/C16H21F2NO2/c1-10-9-15(2,3)7-6-12(10)19-11-4-5-13-14(8-11)21-16(17,18)20-13/h4-5,8,10,12,19H,6-7,9H2,1-3H3. The van der Waals surface area contributed by atoms with Gasteiger partial charge in [-0.3, -0.25) is 0 Å². The van der Waals surface area contributed by atoms with Gasteiger partial charge in [-0.2, -0.15) is 0 Å². The van der Waals surface area contributed by atoms with Gasteiger partial charge >= 0.3 is 6.29 Å². The molecule has 0 bridgehead atoms. The van der Waals surface area contributed by atoms with Gasteiger partial charge in [-0.25, -0.2) is 0 Å². The minimum absolute atomic E-state index is 0.0865. The zero-order valence-corrected chi connectivity index (χ0v) is 12.6. The van der Waals surface area contributed by atoms with Crippen LogP contribution in [0.5, 0.6) is 11.5 Å². The van der Waals surface area contributed by atoms with Crippen LogP contribution in [-0.2, 0) is 0 Å². The molecule has 0 radical (unpaired) electrons. The second kappa shape index (κ2) is 4.75. The quantitative estimate of drug-likeness (QED) is 0.863. The van der Waals surface area contributed by atoms with Crippen LogP contribution in [-0.4, -0.2) is 12.3 Å². The third kappa shape index (κ3) is 3.06. The summed E-state index contributed by atoms with van der Waals surface area (Å²) in [5.41, 5.74) is 1.18. The summed E-state index contributed by atoms with van der Waals surface area (Å²) >= 11 is 0. The zero-order valence-electron chi connectivity index (χ0n) is 12.6. The molecule has 1 aromatic carbocycles. The van der Waals surface area contributed by atoms with Crippen molar-refractivity contribution < 1.29 is 18.3 Å². The third-order valence-corrected chi connectivity index (χ3v) is 4.45. The Morgan fingerprint density at radius 3 is 2.62 bits per heavy atom. The average Bonchev–Trinajstić information content (AvgIpc) is 2.65. The molecule has 1 heterocycles. The molecule has 2 aliphatic rings. The van der Waals surface area contributed by atoms with Crippen molar-refractivity contribution in [1.82, 2.24) is 0 Å². The number of nitrogens with one attached hydrogen (secondary N) is 1. The number of hydrogen-bond donors (Lipinski definition) is 1. The van der Waals surface area contributed by atoms with E-state index in [4.69, 9.17) is 0 Å². The third-order valence-electron chi connectivity index (χ3n) is 4.45. The van der Waals surface area contributed by atoms with Gasteiger partial charge in [-0.05, 0) is 42.7 Å². The molecule has 3 nitrogen and oxygen atoms in total. The van der Waals surface area contributed by atoms with Gasteiger partial charge in [0.05, 0.1) is 0 Å². The first-order valence-electron chi connectivity index (χ1n) is 7.41. The molecule has 116 valence electrons. The van der Waals surface area contributed by atoms with Crippen molar-refractivity contribution in [2.45, 2.75) is 52.4 Å². The van der Waals surface area contributed by atoms with Crippen LogP contribution in [0.1, 0.15) is 40.0 Å². The summed E-state index contributed by atoms with van der Waals surface area (Å²) in [5, 5.41) is 3.45. The summed E-state index contributed by atoms with van der Waals surface area (Å²) in [7, 11) is 0. The second-order valence-electron chi connectivity index (χ2n) is 6.96. The van der Waals surface area contributed by atoms with E-state index in [9.17, 15) is 8.78 Å². The second-order valence-corrected chi connectivity index (χ2v) is 6.96. The maximum absolute atomic E-state index is 13.0. The Morgan fingerprint density at radius 2 is 1.90 bits per heavy atom. The first-order valence-corrected chi connectivity index (χ1v) is 7.41. The highest BCUT2D eigenvalue weighted by Crippen LogP contribution is 2.43. The molecule has 1 N–H and O–H groups in total. The van der Waals surface area contributed by atoms with Crippen LogP contribution in [0.3, 0.4) is 0 Å². The predicted molar refractivity (Wildman–Crippen MR) is 76.9 cm³/mol. The van der Waals surface area contributed by atoms with E-state index in [1.807, 2.05) is 0 Å². The van der Waals surface area contributed by atoms with E-state index in [0.29, 0.717) is 17.4 Å². The van der Waals surface area contributed by atoms with Gasteiger partial charge in [-0.15, -0.1) is 8.78 Å². The summed E-state index contributed by atoms with van der Waals surface area (Å²) in [6.07, 6.45) is -0.146. The lowest BCUT2D eigenvalue weighted by atomic mass is 9.70.